The van der Waals surface area contributed by atoms with E-state index in [0.717, 1.165) is 32.2 Å². The Morgan fingerprint density at radius 1 is 1.00 bits per heavy atom. The summed E-state index contributed by atoms with van der Waals surface area (Å²) in [5.41, 5.74) is 0. The first-order chi connectivity index (χ1) is 9.65. The molecule has 2 heterocycles. The van der Waals surface area contributed by atoms with Gasteiger partial charge in [0, 0.05) is 18.6 Å². The zero-order chi connectivity index (χ0) is 14.1. The van der Waals surface area contributed by atoms with E-state index in [2.05, 4.69) is 10.2 Å². The summed E-state index contributed by atoms with van der Waals surface area (Å²) in [4.78, 5) is 26.0. The molecule has 0 radical (unpaired) electrons. The van der Waals surface area contributed by atoms with Crippen LogP contribution in [0.3, 0.4) is 0 Å². The Labute approximate surface area is 119 Å². The summed E-state index contributed by atoms with van der Waals surface area (Å²) in [5, 5.41) is 12.3. The predicted octanol–water partition coefficient (Wildman–Crippen LogP) is 1.23. The number of aliphatic carboxylic acids is 1. The third-order valence-electron chi connectivity index (χ3n) is 5.34. The van der Waals surface area contributed by atoms with Crippen LogP contribution >= 0.6 is 0 Å². The molecule has 0 bridgehead atoms. The summed E-state index contributed by atoms with van der Waals surface area (Å²) in [6, 6.07) is 0.879. The van der Waals surface area contributed by atoms with E-state index in [9.17, 15) is 14.7 Å². The van der Waals surface area contributed by atoms with Crippen LogP contribution in [0.25, 0.3) is 0 Å². The molecule has 5 nitrogen and oxygen atoms in total. The maximum absolute atomic E-state index is 12.3. The fourth-order valence-electron chi connectivity index (χ4n) is 4.23. The molecule has 3 fully saturated rings. The zero-order valence-corrected chi connectivity index (χ0v) is 11.9. The Balaban J connectivity index is 1.55. The first-order valence-electron chi connectivity index (χ1n) is 7.92. The first-order valence-corrected chi connectivity index (χ1v) is 7.92. The number of fused-ring (bicyclic) bond motifs is 1. The van der Waals surface area contributed by atoms with Crippen LogP contribution in [0.1, 0.15) is 44.9 Å². The molecule has 2 N–H and O–H groups in total. The van der Waals surface area contributed by atoms with Crippen LogP contribution in [0.2, 0.25) is 0 Å². The standard InChI is InChI=1S/C15H24N2O3/c18-14(12-4-1-5-13(12)15(19)20)16-10-6-8-17-7-2-3-11(17)9-10/h10-13H,1-9H2,(H,16,18)(H,19,20). The number of carbonyl (C=O) groups excluding carboxylic acids is 1. The molecule has 2 aliphatic heterocycles. The van der Waals surface area contributed by atoms with Crippen molar-refractivity contribution < 1.29 is 14.7 Å². The molecule has 20 heavy (non-hydrogen) atoms. The first kappa shape index (κ1) is 13.9. The lowest BCUT2D eigenvalue weighted by molar-refractivity contribution is -0.146. The van der Waals surface area contributed by atoms with Crippen molar-refractivity contribution in [1.29, 1.82) is 0 Å². The highest BCUT2D eigenvalue weighted by Crippen LogP contribution is 2.33. The smallest absolute Gasteiger partial charge is 0.307 e. The topological polar surface area (TPSA) is 69.6 Å². The number of hydrogen-bond donors (Lipinski definition) is 2. The van der Waals surface area contributed by atoms with Crippen molar-refractivity contribution in [1.82, 2.24) is 10.2 Å². The maximum Gasteiger partial charge on any atom is 0.307 e. The Morgan fingerprint density at radius 3 is 2.60 bits per heavy atom. The molecule has 112 valence electrons. The molecule has 0 spiro atoms. The third-order valence-corrected chi connectivity index (χ3v) is 5.34. The molecule has 1 saturated carbocycles. The number of nitrogens with zero attached hydrogens (tertiary/aromatic N) is 1. The number of piperidine rings is 1. The minimum atomic E-state index is -0.812. The number of carboxylic acid groups (broad SMARTS) is 1. The predicted molar refractivity (Wildman–Crippen MR) is 74.2 cm³/mol. The summed E-state index contributed by atoms with van der Waals surface area (Å²) < 4.78 is 0. The fourth-order valence-corrected chi connectivity index (χ4v) is 4.23. The van der Waals surface area contributed by atoms with Gasteiger partial charge in [-0.05, 0) is 45.1 Å². The lowest BCUT2D eigenvalue weighted by atomic mass is 9.93. The lowest BCUT2D eigenvalue weighted by Gasteiger charge is -2.35. The van der Waals surface area contributed by atoms with Crippen molar-refractivity contribution in [2.24, 2.45) is 11.8 Å². The normalized spacial score (nSPS) is 37.6. The van der Waals surface area contributed by atoms with Gasteiger partial charge in [0.05, 0.1) is 11.8 Å². The summed E-state index contributed by atoms with van der Waals surface area (Å²) >= 11 is 0. The number of nitrogens with one attached hydrogen (secondary N) is 1. The van der Waals surface area contributed by atoms with E-state index in [4.69, 9.17) is 0 Å². The molecule has 0 aromatic carbocycles. The van der Waals surface area contributed by atoms with E-state index < -0.39 is 11.9 Å². The van der Waals surface area contributed by atoms with Crippen molar-refractivity contribution >= 4 is 11.9 Å². The van der Waals surface area contributed by atoms with Gasteiger partial charge < -0.3 is 15.3 Å². The van der Waals surface area contributed by atoms with Gasteiger partial charge in [0.15, 0.2) is 0 Å². The summed E-state index contributed by atoms with van der Waals surface area (Å²) in [6.45, 7) is 2.28. The van der Waals surface area contributed by atoms with Crippen molar-refractivity contribution in [3.63, 3.8) is 0 Å². The quantitative estimate of drug-likeness (QED) is 0.816. The summed E-state index contributed by atoms with van der Waals surface area (Å²) in [5.74, 6) is -1.62. The van der Waals surface area contributed by atoms with Crippen LogP contribution in [-0.2, 0) is 9.59 Å². The molecule has 4 unspecified atom stereocenters. The summed E-state index contributed by atoms with van der Waals surface area (Å²) in [7, 11) is 0. The molecule has 1 aliphatic carbocycles. The van der Waals surface area contributed by atoms with Gasteiger partial charge in [-0.1, -0.05) is 6.42 Å². The van der Waals surface area contributed by atoms with Gasteiger partial charge in [-0.25, -0.2) is 0 Å². The molecule has 4 atom stereocenters. The lowest BCUT2D eigenvalue weighted by Crippen LogP contribution is -2.49. The number of carboxylic acids is 1. The van der Waals surface area contributed by atoms with Gasteiger partial charge in [0.25, 0.3) is 0 Å². The largest absolute Gasteiger partial charge is 0.481 e. The highest BCUT2D eigenvalue weighted by Gasteiger charge is 2.39. The van der Waals surface area contributed by atoms with Crippen molar-refractivity contribution in [3.05, 3.63) is 0 Å². The van der Waals surface area contributed by atoms with Crippen molar-refractivity contribution in [3.8, 4) is 0 Å². The van der Waals surface area contributed by atoms with Crippen molar-refractivity contribution in [2.45, 2.75) is 57.0 Å². The van der Waals surface area contributed by atoms with Gasteiger partial charge in [0.2, 0.25) is 5.91 Å². The van der Waals surface area contributed by atoms with Crippen LogP contribution in [0.4, 0.5) is 0 Å². The molecule has 0 aromatic rings. The van der Waals surface area contributed by atoms with Gasteiger partial charge in [0.1, 0.15) is 0 Å². The van der Waals surface area contributed by atoms with Crippen LogP contribution in [0, 0.1) is 11.8 Å². The van der Waals surface area contributed by atoms with E-state index in [-0.39, 0.29) is 17.9 Å². The zero-order valence-electron chi connectivity index (χ0n) is 11.9. The molecule has 5 heteroatoms. The number of amides is 1. The summed E-state index contributed by atoms with van der Waals surface area (Å²) in [6.07, 6.45) is 6.79. The molecule has 0 aromatic heterocycles. The Bertz CT molecular complexity index is 399. The van der Waals surface area contributed by atoms with E-state index >= 15 is 0 Å². The average Bonchev–Trinajstić information content (AvgIpc) is 3.06. The minimum Gasteiger partial charge on any atom is -0.481 e. The number of rotatable bonds is 3. The second kappa shape index (κ2) is 5.72. The van der Waals surface area contributed by atoms with Crippen LogP contribution in [-0.4, -0.2) is 47.1 Å². The SMILES string of the molecule is O=C(O)C1CCCC1C(=O)NC1CCN2CCCC2C1. The average molecular weight is 280 g/mol. The second-order valence-corrected chi connectivity index (χ2v) is 6.54. The van der Waals surface area contributed by atoms with Crippen LogP contribution in [0.5, 0.6) is 0 Å². The molecular formula is C15H24N2O3. The van der Waals surface area contributed by atoms with Crippen LogP contribution in [0.15, 0.2) is 0 Å². The minimum absolute atomic E-state index is 0.0219. The maximum atomic E-state index is 12.3. The van der Waals surface area contributed by atoms with E-state index in [0.29, 0.717) is 12.5 Å². The van der Waals surface area contributed by atoms with Gasteiger partial charge >= 0.3 is 5.97 Å². The van der Waals surface area contributed by atoms with E-state index in [1.807, 2.05) is 0 Å². The Hall–Kier alpha value is -1.10. The van der Waals surface area contributed by atoms with Crippen molar-refractivity contribution in [2.75, 3.05) is 13.1 Å². The second-order valence-electron chi connectivity index (χ2n) is 6.54. The Kier molecular flexibility index (Phi) is 3.96. The Morgan fingerprint density at radius 2 is 1.80 bits per heavy atom. The molecule has 1 amide bonds. The highest BCUT2D eigenvalue weighted by atomic mass is 16.4. The highest BCUT2D eigenvalue weighted by molar-refractivity contribution is 5.85. The van der Waals surface area contributed by atoms with Gasteiger partial charge in [-0.2, -0.15) is 0 Å². The van der Waals surface area contributed by atoms with Gasteiger partial charge in [-0.3, -0.25) is 9.59 Å². The molecular weight excluding hydrogens is 256 g/mol. The third kappa shape index (κ3) is 2.68. The van der Waals surface area contributed by atoms with Gasteiger partial charge in [-0.15, -0.1) is 0 Å². The number of carbonyl (C=O) groups is 2. The molecule has 2 saturated heterocycles. The van der Waals surface area contributed by atoms with Crippen LogP contribution < -0.4 is 5.32 Å². The number of hydrogen-bond acceptors (Lipinski definition) is 3. The van der Waals surface area contributed by atoms with E-state index in [1.165, 1.54) is 19.4 Å². The molecule has 3 rings (SSSR count). The van der Waals surface area contributed by atoms with E-state index in [1.54, 1.807) is 0 Å². The monoisotopic (exact) mass is 280 g/mol. The fraction of sp³-hybridized carbons (Fsp3) is 0.867. The molecule has 3 aliphatic rings.